The molecule has 10 nitrogen and oxygen atoms in total. The van der Waals surface area contributed by atoms with Crippen LogP contribution in [0.1, 0.15) is 169 Å². The molecule has 10 rings (SSSR count). The highest BCUT2D eigenvalue weighted by Gasteiger charge is 2.60. The van der Waals surface area contributed by atoms with E-state index in [4.69, 9.17) is 9.47 Å². The van der Waals surface area contributed by atoms with Crippen molar-refractivity contribution in [2.24, 2.45) is 46.3 Å². The number of carbonyl (C=O) groups is 4. The highest BCUT2D eigenvalue weighted by Crippen LogP contribution is 2.64. The van der Waals surface area contributed by atoms with Gasteiger partial charge in [-0.2, -0.15) is 0 Å². The van der Waals surface area contributed by atoms with Crippen molar-refractivity contribution in [3.05, 3.63) is 57.6 Å². The minimum absolute atomic E-state index is 0.192. The van der Waals surface area contributed by atoms with Crippen molar-refractivity contribution in [1.82, 2.24) is 9.80 Å². The zero-order valence-corrected chi connectivity index (χ0v) is 41.3. The quantitative estimate of drug-likeness (QED) is 0.228. The van der Waals surface area contributed by atoms with Crippen LogP contribution in [0.5, 0.6) is 11.5 Å². The first-order valence-electron chi connectivity index (χ1n) is 26.8. The Morgan fingerprint density at radius 3 is 1.51 bits per heavy atom. The summed E-state index contributed by atoms with van der Waals surface area (Å²) in [6.07, 6.45) is 17.4. The summed E-state index contributed by atoms with van der Waals surface area (Å²) in [5.41, 5.74) is 7.25. The van der Waals surface area contributed by atoms with Gasteiger partial charge >= 0.3 is 0 Å². The molecule has 0 aromatic heterocycles. The molecular weight excluding hydrogens is 841 g/mol. The van der Waals surface area contributed by atoms with Gasteiger partial charge in [-0.15, -0.1) is 0 Å². The summed E-state index contributed by atoms with van der Waals surface area (Å²) in [6, 6.07) is 8.59. The second-order valence-corrected chi connectivity index (χ2v) is 22.6. The predicted molar refractivity (Wildman–Crippen MR) is 259 cm³/mol. The number of morpholine rings is 2. The molecule has 0 spiro atoms. The molecule has 6 fully saturated rings. The van der Waals surface area contributed by atoms with Gasteiger partial charge in [-0.25, -0.2) is 0 Å². The van der Waals surface area contributed by atoms with Crippen LogP contribution in [0.2, 0.25) is 0 Å². The number of amides is 2. The van der Waals surface area contributed by atoms with E-state index >= 15 is 0 Å². The lowest BCUT2D eigenvalue weighted by atomic mass is 9.54. The van der Waals surface area contributed by atoms with Gasteiger partial charge in [-0.05, 0) is 183 Å². The number of nitrogens with zero attached hydrogens (tertiary/aromatic N) is 2. The number of ether oxygens (including phenoxy) is 2. The Bertz CT molecular complexity index is 2160. The van der Waals surface area contributed by atoms with Crippen molar-refractivity contribution in [3.8, 4) is 11.5 Å². The smallest absolute Gasteiger partial charge is 0.222 e. The first kappa shape index (κ1) is 48.3. The lowest BCUT2D eigenvalue weighted by molar-refractivity contribution is -0.136. The number of phenols is 2. The number of benzene rings is 2. The Balaban J connectivity index is 0.000000168. The molecule has 10 heteroatoms. The van der Waals surface area contributed by atoms with Crippen LogP contribution in [0, 0.1) is 46.3 Å². The molecule has 10 atom stereocenters. The number of aromatic hydroxyl groups is 2. The largest absolute Gasteiger partial charge is 0.508 e. The number of hydrogen-bond acceptors (Lipinski definition) is 8. The van der Waals surface area contributed by atoms with Crippen LogP contribution in [-0.2, 0) is 54.3 Å². The number of phenolic OH excluding ortho intramolecular Hbond substituents is 2. The number of hydrogen-bond donors (Lipinski definition) is 2. The van der Waals surface area contributed by atoms with E-state index < -0.39 is 0 Å². The second kappa shape index (κ2) is 20.3. The fourth-order valence-electron chi connectivity index (χ4n) is 15.7. The van der Waals surface area contributed by atoms with Gasteiger partial charge < -0.3 is 29.5 Å². The minimum Gasteiger partial charge on any atom is -0.508 e. The summed E-state index contributed by atoms with van der Waals surface area (Å²) in [6.45, 7) is 14.1. The molecule has 6 aliphatic carbocycles. The Morgan fingerprint density at radius 1 is 0.642 bits per heavy atom. The van der Waals surface area contributed by atoms with Gasteiger partial charge in [0.1, 0.15) is 23.1 Å². The molecule has 2 N–H and O–H groups in total. The Kier molecular flexibility index (Phi) is 14.6. The molecule has 67 heavy (non-hydrogen) atoms. The molecule has 2 aromatic carbocycles. The normalized spacial score (nSPS) is 33.1. The Labute approximate surface area is 400 Å². The van der Waals surface area contributed by atoms with E-state index in [2.05, 4.69) is 39.8 Å². The molecule has 2 aromatic rings. The minimum atomic E-state index is -0.194. The number of Topliss-reactive ketones (excluding diaryl/α,β-unsaturated/α-hetero) is 2. The summed E-state index contributed by atoms with van der Waals surface area (Å²) >= 11 is 0. The van der Waals surface area contributed by atoms with Gasteiger partial charge in [0, 0.05) is 62.7 Å². The lowest BCUT2D eigenvalue weighted by Crippen LogP contribution is -2.44. The first-order chi connectivity index (χ1) is 32.3. The van der Waals surface area contributed by atoms with Crippen molar-refractivity contribution in [2.75, 3.05) is 52.6 Å². The van der Waals surface area contributed by atoms with Gasteiger partial charge in [0.2, 0.25) is 11.8 Å². The third kappa shape index (κ3) is 9.37. The zero-order chi connectivity index (χ0) is 47.0. The van der Waals surface area contributed by atoms with E-state index in [9.17, 15) is 29.4 Å². The Morgan fingerprint density at radius 2 is 1.07 bits per heavy atom. The van der Waals surface area contributed by atoms with Gasteiger partial charge in [0.05, 0.1) is 26.4 Å². The van der Waals surface area contributed by atoms with E-state index in [1.165, 1.54) is 22.3 Å². The number of fused-ring (bicyclic) bond motifs is 10. The van der Waals surface area contributed by atoms with Crippen molar-refractivity contribution < 1.29 is 38.9 Å². The van der Waals surface area contributed by atoms with Crippen LogP contribution >= 0.6 is 0 Å². The van der Waals surface area contributed by atoms with Crippen molar-refractivity contribution in [3.63, 3.8) is 0 Å². The first-order valence-corrected chi connectivity index (χ1v) is 26.8. The van der Waals surface area contributed by atoms with Gasteiger partial charge in [-0.3, -0.25) is 19.2 Å². The summed E-state index contributed by atoms with van der Waals surface area (Å²) in [5, 5.41) is 20.9. The molecule has 366 valence electrons. The summed E-state index contributed by atoms with van der Waals surface area (Å²) in [4.78, 5) is 55.6. The zero-order valence-electron chi connectivity index (χ0n) is 41.3. The molecule has 2 aliphatic heterocycles. The SMILES string of the molecule is CCCc1cc2c(cc1O)CC[C@H]1[C@@H]3[C@H](CCCC(=O)N4CCOCC4)CC(=O)[C@@]3(C)CC[C@H]21.CCc1cc2c(cc1O)CC[C@H]1[C@@H]3[C@H](CCCC(=O)N4CCOCC4)CC(=O)[C@@]3(C)CC[C@H]21. The number of carbonyl (C=O) groups excluding carboxylic acids is 4. The monoisotopic (exact) mass is 921 g/mol. The fraction of sp³-hybridized carbons (Fsp3) is 0.719. The fourth-order valence-corrected chi connectivity index (χ4v) is 15.7. The van der Waals surface area contributed by atoms with Gasteiger partial charge in [0.25, 0.3) is 0 Å². The predicted octanol–water partition coefficient (Wildman–Crippen LogP) is 9.66. The standard InChI is InChI=1S/C29H41NO4.C28H39NO4/c1-3-5-20-16-24-19(17-25(20)31)8-9-23-22(24)10-11-29(2)26(32)18-21(28(23)29)6-4-7-27(33)30-12-14-34-15-13-30;1-3-18-15-23-19(16-24(18)30)7-8-22-21(23)9-10-28(2)25(31)17-20(27(22)28)5-4-6-26(32)29-11-13-33-14-12-29/h16-17,21-23,28,31H,3-15,18H2,1-2H3;15-16,20-22,27,30H,3-14,17H2,1-2H3/t21-,22+,23-,28+,29-;20-,21+,22-,27+,28-/m11/s1. The number of ketones is 2. The summed E-state index contributed by atoms with van der Waals surface area (Å²) < 4.78 is 10.7. The number of aryl methyl sites for hydroxylation is 4. The van der Waals surface area contributed by atoms with Crippen LogP contribution < -0.4 is 0 Å². The average Bonchev–Trinajstić information content (AvgIpc) is 3.75. The molecule has 2 saturated heterocycles. The van der Waals surface area contributed by atoms with E-state index in [-0.39, 0.29) is 22.6 Å². The topological polar surface area (TPSA) is 134 Å². The van der Waals surface area contributed by atoms with Crippen LogP contribution in [-0.4, -0.2) is 96.0 Å². The van der Waals surface area contributed by atoms with Gasteiger partial charge in [0.15, 0.2) is 0 Å². The van der Waals surface area contributed by atoms with E-state index in [0.29, 0.717) is 149 Å². The highest BCUT2D eigenvalue weighted by molar-refractivity contribution is 5.88. The molecule has 0 radical (unpaired) electrons. The summed E-state index contributed by atoms with van der Waals surface area (Å²) in [5.74, 6) is 6.03. The maximum Gasteiger partial charge on any atom is 0.222 e. The molecule has 2 heterocycles. The van der Waals surface area contributed by atoms with Crippen LogP contribution in [0.4, 0.5) is 0 Å². The average molecular weight is 921 g/mol. The lowest BCUT2D eigenvalue weighted by Gasteiger charge is -2.50. The van der Waals surface area contributed by atoms with Crippen molar-refractivity contribution >= 4 is 23.4 Å². The third-order valence-electron chi connectivity index (χ3n) is 19.1. The molecule has 2 amide bonds. The maximum atomic E-state index is 13.3. The van der Waals surface area contributed by atoms with Crippen molar-refractivity contribution in [2.45, 2.75) is 162 Å². The number of rotatable bonds is 11. The maximum absolute atomic E-state index is 13.3. The van der Waals surface area contributed by atoms with Crippen LogP contribution in [0.3, 0.4) is 0 Å². The molecule has 0 bridgehead atoms. The molecular formula is C57H80N2O8. The molecule has 0 unspecified atom stereocenters. The van der Waals surface area contributed by atoms with Crippen molar-refractivity contribution in [1.29, 1.82) is 0 Å². The van der Waals surface area contributed by atoms with Crippen LogP contribution in [0.25, 0.3) is 0 Å². The Hall–Kier alpha value is -3.76. The van der Waals surface area contributed by atoms with E-state index in [0.717, 1.165) is 107 Å². The van der Waals surface area contributed by atoms with E-state index in [1.807, 2.05) is 21.9 Å². The van der Waals surface area contributed by atoms with Crippen LogP contribution in [0.15, 0.2) is 24.3 Å². The third-order valence-corrected chi connectivity index (χ3v) is 19.1. The second-order valence-electron chi connectivity index (χ2n) is 22.6. The highest BCUT2D eigenvalue weighted by atomic mass is 16.5. The van der Waals surface area contributed by atoms with Gasteiger partial charge in [-0.1, -0.05) is 46.2 Å². The molecule has 8 aliphatic rings. The molecule has 4 saturated carbocycles. The van der Waals surface area contributed by atoms with E-state index in [1.54, 1.807) is 0 Å². The summed E-state index contributed by atoms with van der Waals surface area (Å²) in [7, 11) is 0.